The molecular weight excluding hydrogens is 278 g/mol. The van der Waals surface area contributed by atoms with Gasteiger partial charge in [-0.05, 0) is 30.7 Å². The highest BCUT2D eigenvalue weighted by Crippen LogP contribution is 2.25. The summed E-state index contributed by atoms with van der Waals surface area (Å²) in [6, 6.07) is 5.89. The van der Waals surface area contributed by atoms with E-state index >= 15 is 0 Å². The number of ether oxygens (including phenoxy) is 1. The molecule has 0 aliphatic rings. The Kier molecular flexibility index (Phi) is 4.00. The second-order valence-corrected chi connectivity index (χ2v) is 4.72. The SMILES string of the molecule is CCNc1ncc(-c2cc(-c3cncc(OC)c3)ccn2)[nH]1. The highest BCUT2D eigenvalue weighted by molar-refractivity contribution is 5.69. The van der Waals surface area contributed by atoms with Gasteiger partial charge in [-0.2, -0.15) is 0 Å². The lowest BCUT2D eigenvalue weighted by atomic mass is 10.1. The number of imidazole rings is 1. The Hall–Kier alpha value is -2.89. The van der Waals surface area contributed by atoms with Gasteiger partial charge in [0.25, 0.3) is 0 Å². The Morgan fingerprint density at radius 3 is 2.86 bits per heavy atom. The van der Waals surface area contributed by atoms with Gasteiger partial charge in [0.15, 0.2) is 0 Å². The first-order chi connectivity index (χ1) is 10.8. The predicted molar refractivity (Wildman–Crippen MR) is 85.8 cm³/mol. The molecule has 0 aliphatic heterocycles. The van der Waals surface area contributed by atoms with Crippen LogP contribution in [-0.2, 0) is 0 Å². The molecule has 0 atom stereocenters. The number of anilines is 1. The highest BCUT2D eigenvalue weighted by atomic mass is 16.5. The molecule has 0 aliphatic carbocycles. The number of pyridine rings is 2. The van der Waals surface area contributed by atoms with Gasteiger partial charge in [-0.3, -0.25) is 9.97 Å². The van der Waals surface area contributed by atoms with E-state index in [1.807, 2.05) is 25.1 Å². The summed E-state index contributed by atoms with van der Waals surface area (Å²) in [6.07, 6.45) is 7.04. The average molecular weight is 295 g/mol. The van der Waals surface area contributed by atoms with Crippen LogP contribution < -0.4 is 10.1 Å². The Bertz CT molecular complexity index is 768. The quantitative estimate of drug-likeness (QED) is 0.757. The summed E-state index contributed by atoms with van der Waals surface area (Å²) in [7, 11) is 1.63. The van der Waals surface area contributed by atoms with Crippen molar-refractivity contribution in [1.82, 2.24) is 19.9 Å². The van der Waals surface area contributed by atoms with Crippen LogP contribution in [0.5, 0.6) is 5.75 Å². The molecule has 0 saturated heterocycles. The van der Waals surface area contributed by atoms with E-state index in [1.165, 1.54) is 0 Å². The lowest BCUT2D eigenvalue weighted by Crippen LogP contribution is -1.97. The van der Waals surface area contributed by atoms with Gasteiger partial charge >= 0.3 is 0 Å². The molecule has 0 aromatic carbocycles. The molecule has 112 valence electrons. The van der Waals surface area contributed by atoms with Gasteiger partial charge in [-0.15, -0.1) is 0 Å². The smallest absolute Gasteiger partial charge is 0.200 e. The summed E-state index contributed by atoms with van der Waals surface area (Å²) >= 11 is 0. The van der Waals surface area contributed by atoms with Crippen molar-refractivity contribution >= 4 is 5.95 Å². The van der Waals surface area contributed by atoms with Crippen LogP contribution in [0.4, 0.5) is 5.95 Å². The maximum absolute atomic E-state index is 5.22. The van der Waals surface area contributed by atoms with Gasteiger partial charge in [-0.25, -0.2) is 4.98 Å². The van der Waals surface area contributed by atoms with Crippen LogP contribution in [0, 0.1) is 0 Å². The summed E-state index contributed by atoms with van der Waals surface area (Å²) in [6.45, 7) is 2.84. The lowest BCUT2D eigenvalue weighted by molar-refractivity contribution is 0.413. The summed E-state index contributed by atoms with van der Waals surface area (Å²) < 4.78 is 5.22. The maximum Gasteiger partial charge on any atom is 0.200 e. The van der Waals surface area contributed by atoms with E-state index < -0.39 is 0 Å². The van der Waals surface area contributed by atoms with Gasteiger partial charge in [0, 0.05) is 24.5 Å². The first kappa shape index (κ1) is 14.1. The number of hydrogen-bond donors (Lipinski definition) is 2. The van der Waals surface area contributed by atoms with Crippen molar-refractivity contribution in [2.24, 2.45) is 0 Å². The van der Waals surface area contributed by atoms with E-state index in [0.29, 0.717) is 0 Å². The van der Waals surface area contributed by atoms with Crippen molar-refractivity contribution in [3.05, 3.63) is 43.0 Å². The third-order valence-corrected chi connectivity index (χ3v) is 3.24. The van der Waals surface area contributed by atoms with Crippen molar-refractivity contribution in [3.8, 4) is 28.3 Å². The Labute approximate surface area is 128 Å². The highest BCUT2D eigenvalue weighted by Gasteiger charge is 2.07. The van der Waals surface area contributed by atoms with Crippen molar-refractivity contribution in [3.63, 3.8) is 0 Å². The van der Waals surface area contributed by atoms with Crippen molar-refractivity contribution in [2.45, 2.75) is 6.92 Å². The Morgan fingerprint density at radius 1 is 1.14 bits per heavy atom. The molecule has 3 aromatic heterocycles. The van der Waals surface area contributed by atoms with Gasteiger partial charge in [0.1, 0.15) is 5.75 Å². The number of H-pyrrole nitrogens is 1. The summed E-state index contributed by atoms with van der Waals surface area (Å²) in [4.78, 5) is 16.1. The second kappa shape index (κ2) is 6.26. The van der Waals surface area contributed by atoms with Crippen LogP contribution >= 0.6 is 0 Å². The van der Waals surface area contributed by atoms with Crippen LogP contribution in [0.3, 0.4) is 0 Å². The molecule has 22 heavy (non-hydrogen) atoms. The molecule has 0 fully saturated rings. The Balaban J connectivity index is 1.94. The number of aromatic amines is 1. The molecule has 6 heteroatoms. The second-order valence-electron chi connectivity index (χ2n) is 4.72. The van der Waals surface area contributed by atoms with E-state index in [-0.39, 0.29) is 0 Å². The fourth-order valence-corrected chi connectivity index (χ4v) is 2.15. The largest absolute Gasteiger partial charge is 0.495 e. The topological polar surface area (TPSA) is 75.7 Å². The number of aromatic nitrogens is 4. The van der Waals surface area contributed by atoms with Crippen LogP contribution in [-0.4, -0.2) is 33.6 Å². The standard InChI is InChI=1S/C16H17N5O/c1-3-18-16-20-10-15(21-16)14-7-11(4-5-19-14)12-6-13(22-2)9-17-8-12/h4-10H,3H2,1-2H3,(H2,18,20,21). The fraction of sp³-hybridized carbons (Fsp3) is 0.188. The number of nitrogens with zero attached hydrogens (tertiary/aromatic N) is 3. The molecule has 0 saturated carbocycles. The molecule has 0 spiro atoms. The van der Waals surface area contributed by atoms with Crippen molar-refractivity contribution in [2.75, 3.05) is 19.0 Å². The van der Waals surface area contributed by atoms with E-state index in [2.05, 4.69) is 25.3 Å². The molecule has 0 amide bonds. The summed E-state index contributed by atoms with van der Waals surface area (Å²) in [5.41, 5.74) is 3.70. The molecule has 6 nitrogen and oxygen atoms in total. The van der Waals surface area contributed by atoms with Gasteiger partial charge in [0.05, 0.1) is 30.9 Å². The number of nitrogens with one attached hydrogen (secondary N) is 2. The van der Waals surface area contributed by atoms with Crippen LogP contribution in [0.1, 0.15) is 6.92 Å². The van der Waals surface area contributed by atoms with Crippen LogP contribution in [0.2, 0.25) is 0 Å². The first-order valence-electron chi connectivity index (χ1n) is 7.05. The summed E-state index contributed by atoms with van der Waals surface area (Å²) in [5, 5.41) is 3.14. The van der Waals surface area contributed by atoms with Crippen LogP contribution in [0.15, 0.2) is 43.0 Å². The number of methoxy groups -OCH3 is 1. The van der Waals surface area contributed by atoms with E-state index in [9.17, 15) is 0 Å². The lowest BCUT2D eigenvalue weighted by Gasteiger charge is -2.05. The van der Waals surface area contributed by atoms with Crippen molar-refractivity contribution in [1.29, 1.82) is 0 Å². The monoisotopic (exact) mass is 295 g/mol. The minimum absolute atomic E-state index is 0.729. The number of rotatable bonds is 5. The molecule has 0 radical (unpaired) electrons. The molecule has 0 unspecified atom stereocenters. The van der Waals surface area contributed by atoms with Crippen LogP contribution in [0.25, 0.3) is 22.5 Å². The molecular formula is C16H17N5O. The molecule has 2 N–H and O–H groups in total. The number of hydrogen-bond acceptors (Lipinski definition) is 5. The molecule has 3 aromatic rings. The van der Waals surface area contributed by atoms with Gasteiger partial charge < -0.3 is 15.0 Å². The van der Waals surface area contributed by atoms with E-state index in [0.717, 1.165) is 40.8 Å². The van der Waals surface area contributed by atoms with E-state index in [1.54, 1.807) is 31.9 Å². The maximum atomic E-state index is 5.22. The fourth-order valence-electron chi connectivity index (χ4n) is 2.15. The molecule has 3 heterocycles. The molecule has 0 bridgehead atoms. The van der Waals surface area contributed by atoms with Crippen molar-refractivity contribution < 1.29 is 4.74 Å². The van der Waals surface area contributed by atoms with Gasteiger partial charge in [0.2, 0.25) is 5.95 Å². The summed E-state index contributed by atoms with van der Waals surface area (Å²) in [5.74, 6) is 1.47. The average Bonchev–Trinajstić information content (AvgIpc) is 3.04. The zero-order valence-electron chi connectivity index (χ0n) is 12.5. The normalized spacial score (nSPS) is 10.5. The third-order valence-electron chi connectivity index (χ3n) is 3.24. The van der Waals surface area contributed by atoms with E-state index in [4.69, 9.17) is 4.74 Å². The zero-order valence-corrected chi connectivity index (χ0v) is 12.5. The predicted octanol–water partition coefficient (Wildman–Crippen LogP) is 2.97. The zero-order chi connectivity index (χ0) is 15.4. The third kappa shape index (κ3) is 2.90. The minimum Gasteiger partial charge on any atom is -0.495 e. The molecule has 3 rings (SSSR count). The first-order valence-corrected chi connectivity index (χ1v) is 7.05. The Morgan fingerprint density at radius 2 is 2.05 bits per heavy atom. The minimum atomic E-state index is 0.729. The van der Waals surface area contributed by atoms with Gasteiger partial charge in [-0.1, -0.05) is 0 Å².